The molecule has 31 heavy (non-hydrogen) atoms. The average Bonchev–Trinajstić information content (AvgIpc) is 3.29. The minimum atomic E-state index is 0.0995. The molecule has 1 fully saturated rings. The summed E-state index contributed by atoms with van der Waals surface area (Å²) in [5.74, 6) is 2.94. The van der Waals surface area contributed by atoms with Crippen molar-refractivity contribution >= 4 is 5.91 Å². The molecule has 2 aromatic carbocycles. The van der Waals surface area contributed by atoms with Crippen molar-refractivity contribution < 1.29 is 18.8 Å². The second-order valence-electron chi connectivity index (χ2n) is 7.83. The lowest BCUT2D eigenvalue weighted by molar-refractivity contribution is -0.131. The third-order valence-electron chi connectivity index (χ3n) is 5.80. The third kappa shape index (κ3) is 4.71. The summed E-state index contributed by atoms with van der Waals surface area (Å²) in [6.07, 6.45) is 1.96. The molecular formula is C24H27N3O4. The van der Waals surface area contributed by atoms with Gasteiger partial charge < -0.3 is 18.9 Å². The highest BCUT2D eigenvalue weighted by molar-refractivity contribution is 5.79. The predicted octanol–water partition coefficient (Wildman–Crippen LogP) is 4.01. The van der Waals surface area contributed by atoms with E-state index >= 15 is 0 Å². The summed E-state index contributed by atoms with van der Waals surface area (Å²) in [5, 5.41) is 4.22. The summed E-state index contributed by atoms with van der Waals surface area (Å²) in [6, 6.07) is 13.5. The van der Waals surface area contributed by atoms with Gasteiger partial charge in [0, 0.05) is 30.6 Å². The van der Waals surface area contributed by atoms with E-state index in [2.05, 4.69) is 10.1 Å². The van der Waals surface area contributed by atoms with E-state index in [-0.39, 0.29) is 11.8 Å². The molecule has 0 aliphatic carbocycles. The fourth-order valence-electron chi connectivity index (χ4n) is 3.96. The largest absolute Gasteiger partial charge is 0.497 e. The molecule has 1 amide bonds. The van der Waals surface area contributed by atoms with Crippen molar-refractivity contribution in [1.82, 2.24) is 15.0 Å². The lowest BCUT2D eigenvalue weighted by Gasteiger charge is -2.30. The maximum Gasteiger partial charge on any atom is 0.258 e. The van der Waals surface area contributed by atoms with Gasteiger partial charge in [0.15, 0.2) is 5.82 Å². The lowest BCUT2D eigenvalue weighted by Crippen LogP contribution is -2.39. The van der Waals surface area contributed by atoms with Gasteiger partial charge in [-0.3, -0.25) is 4.79 Å². The molecule has 0 radical (unpaired) electrons. The Balaban J connectivity index is 1.37. The lowest BCUT2D eigenvalue weighted by atomic mass is 9.95. The van der Waals surface area contributed by atoms with E-state index in [1.807, 2.05) is 48.2 Å². The van der Waals surface area contributed by atoms with Crippen molar-refractivity contribution in [3.8, 4) is 23.0 Å². The number of hydrogen-bond acceptors (Lipinski definition) is 6. The Labute approximate surface area is 182 Å². The summed E-state index contributed by atoms with van der Waals surface area (Å²) in [5.41, 5.74) is 2.94. The normalized spacial score (nSPS) is 14.5. The van der Waals surface area contributed by atoms with Crippen molar-refractivity contribution in [2.45, 2.75) is 32.1 Å². The Bertz CT molecular complexity index is 1030. The number of ether oxygens (including phenoxy) is 2. The zero-order valence-electron chi connectivity index (χ0n) is 18.1. The Morgan fingerprint density at radius 3 is 2.42 bits per heavy atom. The number of carbonyl (C=O) groups is 1. The molecule has 1 saturated heterocycles. The number of methoxy groups -OCH3 is 2. The van der Waals surface area contributed by atoms with E-state index in [1.165, 1.54) is 0 Å². The highest BCUT2D eigenvalue weighted by Crippen LogP contribution is 2.30. The highest BCUT2D eigenvalue weighted by atomic mass is 16.5. The van der Waals surface area contributed by atoms with Gasteiger partial charge in [-0.05, 0) is 49.1 Å². The number of hydrogen-bond donors (Lipinski definition) is 0. The Morgan fingerprint density at radius 1 is 1.10 bits per heavy atom. The highest BCUT2D eigenvalue weighted by Gasteiger charge is 2.27. The van der Waals surface area contributed by atoms with Crippen LogP contribution in [-0.4, -0.2) is 48.3 Å². The maximum absolute atomic E-state index is 12.8. The van der Waals surface area contributed by atoms with Gasteiger partial charge >= 0.3 is 0 Å². The van der Waals surface area contributed by atoms with Crippen molar-refractivity contribution in [1.29, 1.82) is 0 Å². The Kier molecular flexibility index (Phi) is 6.21. The molecule has 0 saturated carbocycles. The number of amides is 1. The molecule has 1 aromatic heterocycles. The number of carbonyl (C=O) groups excluding carboxylic acids is 1. The fraction of sp³-hybridized carbons (Fsp3) is 0.375. The second-order valence-corrected chi connectivity index (χ2v) is 7.83. The van der Waals surface area contributed by atoms with Gasteiger partial charge in [0.25, 0.3) is 5.89 Å². The van der Waals surface area contributed by atoms with Crippen molar-refractivity contribution in [2.24, 2.45) is 0 Å². The molecule has 0 spiro atoms. The first-order valence-electron chi connectivity index (χ1n) is 10.5. The summed E-state index contributed by atoms with van der Waals surface area (Å²) in [7, 11) is 3.21. The molecule has 0 atom stereocenters. The van der Waals surface area contributed by atoms with Gasteiger partial charge in [-0.15, -0.1) is 0 Å². The van der Waals surface area contributed by atoms with Crippen LogP contribution in [0.25, 0.3) is 11.5 Å². The summed E-state index contributed by atoms with van der Waals surface area (Å²) >= 11 is 0. The van der Waals surface area contributed by atoms with Crippen LogP contribution in [0.2, 0.25) is 0 Å². The van der Waals surface area contributed by atoms with E-state index in [1.54, 1.807) is 20.3 Å². The molecular weight excluding hydrogens is 394 g/mol. The fourth-order valence-corrected chi connectivity index (χ4v) is 3.96. The number of likely N-dealkylation sites (tertiary alicyclic amines) is 1. The summed E-state index contributed by atoms with van der Waals surface area (Å²) in [6.45, 7) is 3.39. The van der Waals surface area contributed by atoms with E-state index in [0.29, 0.717) is 36.9 Å². The molecule has 2 heterocycles. The molecule has 7 nitrogen and oxygen atoms in total. The molecule has 162 valence electrons. The van der Waals surface area contributed by atoms with Gasteiger partial charge in [0.05, 0.1) is 20.6 Å². The van der Waals surface area contributed by atoms with Crippen LogP contribution in [0.15, 0.2) is 47.0 Å². The first kappa shape index (κ1) is 20.9. The molecule has 1 aliphatic heterocycles. The van der Waals surface area contributed by atoms with Crippen molar-refractivity contribution in [2.75, 3.05) is 27.3 Å². The summed E-state index contributed by atoms with van der Waals surface area (Å²) < 4.78 is 16.1. The average molecular weight is 421 g/mol. The SMILES string of the molecule is COc1cc(CC(=O)N2CCC(c3noc(-c4ccccc4C)n3)CC2)cc(OC)c1. The molecule has 0 bridgehead atoms. The van der Waals surface area contributed by atoms with Gasteiger partial charge in [-0.25, -0.2) is 0 Å². The number of piperidine rings is 1. The molecule has 4 rings (SSSR count). The van der Waals surface area contributed by atoms with Crippen LogP contribution in [0.5, 0.6) is 11.5 Å². The topological polar surface area (TPSA) is 77.7 Å². The third-order valence-corrected chi connectivity index (χ3v) is 5.80. The minimum Gasteiger partial charge on any atom is -0.497 e. The maximum atomic E-state index is 12.8. The van der Waals surface area contributed by atoms with Crippen LogP contribution in [0.4, 0.5) is 0 Å². The zero-order valence-corrected chi connectivity index (χ0v) is 18.1. The number of aromatic nitrogens is 2. The van der Waals surface area contributed by atoms with Crippen LogP contribution in [0, 0.1) is 6.92 Å². The Morgan fingerprint density at radius 2 is 1.77 bits per heavy atom. The molecule has 0 N–H and O–H groups in total. The number of aryl methyl sites for hydroxylation is 1. The number of rotatable bonds is 6. The van der Waals surface area contributed by atoms with Gasteiger partial charge in [0.2, 0.25) is 5.91 Å². The van der Waals surface area contributed by atoms with E-state index in [0.717, 1.165) is 35.4 Å². The molecule has 0 unspecified atom stereocenters. The van der Waals surface area contributed by atoms with Crippen LogP contribution in [0.3, 0.4) is 0 Å². The molecule has 1 aliphatic rings. The zero-order chi connectivity index (χ0) is 21.8. The van der Waals surface area contributed by atoms with Gasteiger partial charge in [-0.2, -0.15) is 4.98 Å². The standard InChI is InChI=1S/C24H27N3O4/c1-16-6-4-5-7-21(16)24-25-23(26-31-24)18-8-10-27(11-9-18)22(28)14-17-12-19(29-2)15-20(13-17)30-3/h4-7,12-13,15,18H,8-11,14H2,1-3H3. The minimum absolute atomic E-state index is 0.0995. The molecule has 7 heteroatoms. The van der Waals surface area contributed by atoms with E-state index in [9.17, 15) is 4.79 Å². The van der Waals surface area contributed by atoms with Crippen LogP contribution in [0.1, 0.15) is 35.7 Å². The first-order chi connectivity index (χ1) is 15.1. The number of benzene rings is 2. The van der Waals surface area contributed by atoms with E-state index in [4.69, 9.17) is 14.0 Å². The second kappa shape index (κ2) is 9.20. The van der Waals surface area contributed by atoms with E-state index < -0.39 is 0 Å². The predicted molar refractivity (Wildman–Crippen MR) is 116 cm³/mol. The quantitative estimate of drug-likeness (QED) is 0.598. The van der Waals surface area contributed by atoms with Gasteiger partial charge in [0.1, 0.15) is 11.5 Å². The van der Waals surface area contributed by atoms with Crippen LogP contribution < -0.4 is 9.47 Å². The van der Waals surface area contributed by atoms with Crippen LogP contribution in [-0.2, 0) is 11.2 Å². The molecule has 3 aromatic rings. The monoisotopic (exact) mass is 421 g/mol. The smallest absolute Gasteiger partial charge is 0.258 e. The number of nitrogens with zero attached hydrogens (tertiary/aromatic N) is 3. The van der Waals surface area contributed by atoms with Gasteiger partial charge in [-0.1, -0.05) is 23.4 Å². The first-order valence-corrected chi connectivity index (χ1v) is 10.5. The van der Waals surface area contributed by atoms with Crippen LogP contribution >= 0.6 is 0 Å². The van der Waals surface area contributed by atoms with Crippen molar-refractivity contribution in [3.05, 3.63) is 59.4 Å². The van der Waals surface area contributed by atoms with Crippen molar-refractivity contribution in [3.63, 3.8) is 0 Å². The Hall–Kier alpha value is -3.35. The summed E-state index contributed by atoms with van der Waals surface area (Å²) in [4.78, 5) is 19.4.